The van der Waals surface area contributed by atoms with Crippen LogP contribution in [-0.2, 0) is 6.54 Å². The van der Waals surface area contributed by atoms with Gasteiger partial charge in [0.15, 0.2) is 5.84 Å². The van der Waals surface area contributed by atoms with Gasteiger partial charge in [-0.15, -0.1) is 0 Å². The molecule has 1 aromatic carbocycles. The lowest BCUT2D eigenvalue weighted by atomic mass is 10.0. The molecule has 0 bridgehead atoms. The van der Waals surface area contributed by atoms with Gasteiger partial charge in [0.1, 0.15) is 0 Å². The molecule has 0 aliphatic carbocycles. The summed E-state index contributed by atoms with van der Waals surface area (Å²) in [4.78, 5) is 0. The molecule has 0 aliphatic rings. The van der Waals surface area contributed by atoms with Crippen LogP contribution in [0.15, 0.2) is 23.4 Å². The number of nitrogens with one attached hydrogen (secondary N) is 1. The fourth-order valence-electron chi connectivity index (χ4n) is 1.45. The lowest BCUT2D eigenvalue weighted by molar-refractivity contribution is -0.125. The second-order valence-corrected chi connectivity index (χ2v) is 3.85. The summed E-state index contributed by atoms with van der Waals surface area (Å²) in [6.45, 7) is 0.828. The number of hydrogen-bond acceptors (Lipinski definition) is 3. The van der Waals surface area contributed by atoms with E-state index in [4.69, 9.17) is 10.9 Å². The van der Waals surface area contributed by atoms with Crippen LogP contribution >= 0.6 is 0 Å². The van der Waals surface area contributed by atoms with Crippen molar-refractivity contribution < 1.29 is 18.4 Å². The monoisotopic (exact) mass is 261 g/mol. The number of hydrogen-bond donors (Lipinski definition) is 3. The van der Waals surface area contributed by atoms with Crippen LogP contribution in [0.4, 0.5) is 13.2 Å². The molecule has 4 N–H and O–H groups in total. The van der Waals surface area contributed by atoms with E-state index in [0.717, 1.165) is 11.1 Å². The predicted molar refractivity (Wildman–Crippen MR) is 61.5 cm³/mol. The van der Waals surface area contributed by atoms with Crippen LogP contribution in [0.3, 0.4) is 0 Å². The highest BCUT2D eigenvalue weighted by atomic mass is 19.4. The van der Waals surface area contributed by atoms with Crippen molar-refractivity contribution in [2.45, 2.75) is 19.6 Å². The second-order valence-electron chi connectivity index (χ2n) is 3.85. The van der Waals surface area contributed by atoms with Crippen LogP contribution in [-0.4, -0.2) is 23.8 Å². The third-order valence-corrected chi connectivity index (χ3v) is 2.39. The standard InChI is InChI=1S/C11H14F3N3O/c1-7-4-8(10(15)17-18)2-3-9(7)5-16-6-11(12,13)14/h2-4,16,18H,5-6H2,1H3,(H2,15,17). The van der Waals surface area contributed by atoms with Gasteiger partial charge in [0.05, 0.1) is 6.54 Å². The molecule has 0 unspecified atom stereocenters. The van der Waals surface area contributed by atoms with E-state index in [1.165, 1.54) is 0 Å². The van der Waals surface area contributed by atoms with E-state index < -0.39 is 12.7 Å². The minimum Gasteiger partial charge on any atom is -0.409 e. The van der Waals surface area contributed by atoms with Crippen LogP contribution in [0.2, 0.25) is 0 Å². The van der Waals surface area contributed by atoms with E-state index in [2.05, 4.69) is 10.5 Å². The molecule has 0 fully saturated rings. The highest BCUT2D eigenvalue weighted by Crippen LogP contribution is 2.14. The van der Waals surface area contributed by atoms with E-state index in [1.54, 1.807) is 25.1 Å². The minimum atomic E-state index is -4.22. The number of rotatable bonds is 4. The van der Waals surface area contributed by atoms with Gasteiger partial charge in [0, 0.05) is 12.1 Å². The molecule has 1 aromatic rings. The lowest BCUT2D eigenvalue weighted by Crippen LogP contribution is -2.28. The zero-order valence-corrected chi connectivity index (χ0v) is 9.75. The number of nitrogens with zero attached hydrogens (tertiary/aromatic N) is 1. The SMILES string of the molecule is Cc1cc(/C(N)=N/O)ccc1CNCC(F)(F)F. The first-order valence-corrected chi connectivity index (χ1v) is 5.18. The molecular formula is C11H14F3N3O. The van der Waals surface area contributed by atoms with E-state index in [1.807, 2.05) is 0 Å². The normalized spacial score (nSPS) is 12.8. The predicted octanol–water partition coefficient (Wildman–Crippen LogP) is 1.74. The molecule has 7 heteroatoms. The van der Waals surface area contributed by atoms with E-state index in [-0.39, 0.29) is 12.4 Å². The number of amidine groups is 1. The largest absolute Gasteiger partial charge is 0.409 e. The summed E-state index contributed by atoms with van der Waals surface area (Å²) >= 11 is 0. The number of nitrogens with two attached hydrogens (primary N) is 1. The summed E-state index contributed by atoms with van der Waals surface area (Å²) < 4.78 is 35.9. The van der Waals surface area contributed by atoms with E-state index in [9.17, 15) is 13.2 Å². The van der Waals surface area contributed by atoms with Gasteiger partial charge >= 0.3 is 6.18 Å². The van der Waals surface area contributed by atoms with Crippen molar-refractivity contribution in [1.29, 1.82) is 0 Å². The lowest BCUT2D eigenvalue weighted by Gasteiger charge is -2.11. The number of halogens is 3. The smallest absolute Gasteiger partial charge is 0.401 e. The van der Waals surface area contributed by atoms with Gasteiger partial charge in [-0.05, 0) is 24.1 Å². The Bertz CT molecular complexity index is 444. The molecule has 18 heavy (non-hydrogen) atoms. The Morgan fingerprint density at radius 2 is 2.11 bits per heavy atom. The quantitative estimate of drug-likeness (QED) is 0.334. The molecule has 0 aliphatic heterocycles. The third kappa shape index (κ3) is 4.25. The zero-order chi connectivity index (χ0) is 13.8. The van der Waals surface area contributed by atoms with Crippen molar-refractivity contribution in [3.05, 3.63) is 34.9 Å². The Morgan fingerprint density at radius 3 is 2.61 bits per heavy atom. The summed E-state index contributed by atoms with van der Waals surface area (Å²) in [5.41, 5.74) is 7.43. The zero-order valence-electron chi connectivity index (χ0n) is 9.75. The van der Waals surface area contributed by atoms with Crippen molar-refractivity contribution in [2.75, 3.05) is 6.54 Å². The van der Waals surface area contributed by atoms with Gasteiger partial charge in [0.2, 0.25) is 0 Å². The molecule has 0 atom stereocenters. The maximum Gasteiger partial charge on any atom is 0.401 e. The molecule has 0 spiro atoms. The second kappa shape index (κ2) is 5.72. The molecule has 0 saturated heterocycles. The van der Waals surface area contributed by atoms with Crippen LogP contribution in [0, 0.1) is 6.92 Å². The molecule has 1 rings (SSSR count). The fraction of sp³-hybridized carbons (Fsp3) is 0.364. The number of aryl methyl sites for hydroxylation is 1. The maximum absolute atomic E-state index is 12.0. The van der Waals surface area contributed by atoms with Crippen LogP contribution in [0.1, 0.15) is 16.7 Å². The van der Waals surface area contributed by atoms with Gasteiger partial charge < -0.3 is 16.3 Å². The molecule has 0 amide bonds. The van der Waals surface area contributed by atoms with Crippen molar-refractivity contribution in [3.63, 3.8) is 0 Å². The average Bonchev–Trinajstić information content (AvgIpc) is 2.28. The number of oxime groups is 1. The summed E-state index contributed by atoms with van der Waals surface area (Å²) in [5.74, 6) is -0.0344. The van der Waals surface area contributed by atoms with Crippen molar-refractivity contribution in [3.8, 4) is 0 Å². The molecule has 0 heterocycles. The Kier molecular flexibility index (Phi) is 4.55. The summed E-state index contributed by atoms with van der Waals surface area (Å²) in [7, 11) is 0. The molecule has 0 radical (unpaired) electrons. The van der Waals surface area contributed by atoms with Gasteiger partial charge in [0.25, 0.3) is 0 Å². The highest BCUT2D eigenvalue weighted by molar-refractivity contribution is 5.97. The van der Waals surface area contributed by atoms with Crippen LogP contribution < -0.4 is 11.1 Å². The van der Waals surface area contributed by atoms with Gasteiger partial charge in [-0.1, -0.05) is 17.3 Å². The van der Waals surface area contributed by atoms with E-state index >= 15 is 0 Å². The van der Waals surface area contributed by atoms with Crippen LogP contribution in [0.25, 0.3) is 0 Å². The van der Waals surface area contributed by atoms with E-state index in [0.29, 0.717) is 5.56 Å². The van der Waals surface area contributed by atoms with Crippen molar-refractivity contribution in [1.82, 2.24) is 5.32 Å². The summed E-state index contributed by atoms with van der Waals surface area (Å²) in [5, 5.41) is 13.7. The Morgan fingerprint density at radius 1 is 1.44 bits per heavy atom. The third-order valence-electron chi connectivity index (χ3n) is 2.39. The molecule has 4 nitrogen and oxygen atoms in total. The number of benzene rings is 1. The first-order valence-electron chi connectivity index (χ1n) is 5.18. The van der Waals surface area contributed by atoms with Gasteiger partial charge in [-0.3, -0.25) is 0 Å². The first kappa shape index (κ1) is 14.3. The summed E-state index contributed by atoms with van der Waals surface area (Å²) in [6, 6.07) is 4.89. The molecule has 100 valence electrons. The van der Waals surface area contributed by atoms with Gasteiger partial charge in [-0.2, -0.15) is 13.2 Å². The van der Waals surface area contributed by atoms with Crippen LogP contribution in [0.5, 0.6) is 0 Å². The minimum absolute atomic E-state index is 0.0344. The Hall–Kier alpha value is -1.76. The summed E-state index contributed by atoms with van der Waals surface area (Å²) in [6.07, 6.45) is -4.22. The molecule has 0 saturated carbocycles. The average molecular weight is 261 g/mol. The van der Waals surface area contributed by atoms with Crippen molar-refractivity contribution in [2.24, 2.45) is 10.9 Å². The number of alkyl halides is 3. The van der Waals surface area contributed by atoms with Crippen molar-refractivity contribution >= 4 is 5.84 Å². The maximum atomic E-state index is 12.0. The highest BCUT2D eigenvalue weighted by Gasteiger charge is 2.26. The molecule has 0 aromatic heterocycles. The Balaban J connectivity index is 2.69. The van der Waals surface area contributed by atoms with Gasteiger partial charge in [-0.25, -0.2) is 0 Å². The topological polar surface area (TPSA) is 70.6 Å². The molecular weight excluding hydrogens is 247 g/mol. The fourth-order valence-corrected chi connectivity index (χ4v) is 1.45. The first-order chi connectivity index (χ1) is 8.33. The Labute approximate surface area is 102 Å².